The summed E-state index contributed by atoms with van der Waals surface area (Å²) in [5, 5.41) is 11.3. The van der Waals surface area contributed by atoms with E-state index in [4.69, 9.17) is 4.98 Å². The lowest BCUT2D eigenvalue weighted by Gasteiger charge is -2.17. The highest BCUT2D eigenvalue weighted by Gasteiger charge is 2.21. The van der Waals surface area contributed by atoms with Gasteiger partial charge in [-0.3, -0.25) is 10.1 Å². The highest BCUT2D eigenvalue weighted by molar-refractivity contribution is 7.17. The van der Waals surface area contributed by atoms with E-state index in [0.29, 0.717) is 17.5 Å². The zero-order chi connectivity index (χ0) is 22.2. The number of aromatic amines is 1. The molecule has 1 aliphatic heterocycles. The largest absolute Gasteiger partial charge is 0.278 e. The van der Waals surface area contributed by atoms with E-state index >= 15 is 0 Å². The fourth-order valence-corrected chi connectivity index (χ4v) is 5.49. The molecule has 5 aromatic rings. The summed E-state index contributed by atoms with van der Waals surface area (Å²) in [6, 6.07) is 8.79. The Morgan fingerprint density at radius 2 is 1.75 bits per heavy atom. The zero-order valence-corrected chi connectivity index (χ0v) is 18.8. The highest BCUT2D eigenvalue weighted by atomic mass is 32.1. The third kappa shape index (κ3) is 3.39. The molecule has 32 heavy (non-hydrogen) atoms. The molecule has 3 aromatic heterocycles. The number of hydrogen-bond acceptors (Lipinski definition) is 3. The van der Waals surface area contributed by atoms with Crippen molar-refractivity contribution in [3.63, 3.8) is 0 Å². The maximum Gasteiger partial charge on any atom is 0.134 e. The van der Waals surface area contributed by atoms with Crippen LogP contribution in [0, 0.1) is 11.6 Å². The van der Waals surface area contributed by atoms with Gasteiger partial charge in [-0.25, -0.2) is 8.78 Å². The molecule has 0 radical (unpaired) electrons. The number of nitrogens with one attached hydrogen (secondary N) is 1. The molecule has 3 nitrogen and oxygen atoms in total. The molecule has 0 amide bonds. The van der Waals surface area contributed by atoms with Crippen LogP contribution >= 0.6 is 11.3 Å². The summed E-state index contributed by atoms with van der Waals surface area (Å²) in [5.41, 5.74) is 6.15. The van der Waals surface area contributed by atoms with E-state index in [9.17, 15) is 8.78 Å². The van der Waals surface area contributed by atoms with E-state index in [0.717, 1.165) is 63.1 Å². The van der Waals surface area contributed by atoms with Gasteiger partial charge >= 0.3 is 0 Å². The predicted octanol–water partition coefficient (Wildman–Crippen LogP) is 7.69. The number of nitrogens with zero attached hydrogens (tertiary/aromatic N) is 2. The molecule has 0 spiro atoms. The lowest BCUT2D eigenvalue weighted by atomic mass is 9.90. The molecular weight excluding hydrogens is 424 g/mol. The average Bonchev–Trinajstić information content (AvgIpc) is 3.45. The summed E-state index contributed by atoms with van der Waals surface area (Å²) in [6.07, 6.45) is 6.84. The Balaban J connectivity index is 0.00000105. The van der Waals surface area contributed by atoms with Crippen molar-refractivity contribution in [1.29, 1.82) is 0 Å². The minimum Gasteiger partial charge on any atom is -0.278 e. The summed E-state index contributed by atoms with van der Waals surface area (Å²) < 4.78 is 30.0. The Kier molecular flexibility index (Phi) is 5.47. The lowest BCUT2D eigenvalue weighted by Crippen LogP contribution is -2.01. The van der Waals surface area contributed by atoms with Crippen LogP contribution in [-0.2, 0) is 12.8 Å². The van der Waals surface area contributed by atoms with Crippen LogP contribution in [-0.4, -0.2) is 15.2 Å². The van der Waals surface area contributed by atoms with Crippen LogP contribution < -0.4 is 0 Å². The SMILES string of the molecule is CC.Fc1cc(F)c2c(c1)CCCCc1cc3[nH]ncc3cc1-c1ncc-2c2sccc12. The maximum absolute atomic E-state index is 15.0. The van der Waals surface area contributed by atoms with Crippen LogP contribution in [0.1, 0.15) is 37.8 Å². The van der Waals surface area contributed by atoms with Crippen molar-refractivity contribution in [2.24, 2.45) is 0 Å². The van der Waals surface area contributed by atoms with Crippen molar-refractivity contribution in [2.45, 2.75) is 39.5 Å². The Hall–Kier alpha value is -3.12. The first kappa shape index (κ1) is 20.8. The normalized spacial score (nSPS) is 13.1. The number of fused-ring (bicyclic) bond motifs is 11. The smallest absolute Gasteiger partial charge is 0.134 e. The second kappa shape index (κ2) is 8.43. The third-order valence-electron chi connectivity index (χ3n) is 5.96. The summed E-state index contributed by atoms with van der Waals surface area (Å²) in [7, 11) is 0. The number of H-pyrrole nitrogens is 1. The third-order valence-corrected chi connectivity index (χ3v) is 6.90. The van der Waals surface area contributed by atoms with E-state index in [1.54, 1.807) is 17.5 Å². The fraction of sp³-hybridized carbons (Fsp3) is 0.231. The van der Waals surface area contributed by atoms with Crippen LogP contribution in [0.5, 0.6) is 0 Å². The van der Waals surface area contributed by atoms with Crippen molar-refractivity contribution < 1.29 is 8.78 Å². The average molecular weight is 448 g/mol. The zero-order valence-electron chi connectivity index (χ0n) is 18.0. The fourth-order valence-electron chi connectivity index (χ4n) is 4.57. The van der Waals surface area contributed by atoms with Crippen molar-refractivity contribution in [3.05, 3.63) is 70.9 Å². The summed E-state index contributed by atoms with van der Waals surface area (Å²) >= 11 is 1.57. The molecule has 0 atom stereocenters. The first-order valence-corrected chi connectivity index (χ1v) is 11.9. The number of halogens is 2. The van der Waals surface area contributed by atoms with Crippen LogP contribution in [0.3, 0.4) is 0 Å². The molecule has 1 aliphatic rings. The quantitative estimate of drug-likeness (QED) is 0.264. The number of hydrogen-bond donors (Lipinski definition) is 1. The summed E-state index contributed by atoms with van der Waals surface area (Å²) in [6.45, 7) is 4.00. The molecule has 2 bridgehead atoms. The Morgan fingerprint density at radius 1 is 0.938 bits per heavy atom. The molecule has 0 fully saturated rings. The van der Waals surface area contributed by atoms with Crippen LogP contribution in [0.15, 0.2) is 48.1 Å². The van der Waals surface area contributed by atoms with E-state index < -0.39 is 11.6 Å². The number of rotatable bonds is 0. The van der Waals surface area contributed by atoms with Gasteiger partial charge in [-0.05, 0) is 66.5 Å². The predicted molar refractivity (Wildman–Crippen MR) is 128 cm³/mol. The van der Waals surface area contributed by atoms with E-state index in [1.165, 1.54) is 11.6 Å². The molecule has 1 N–H and O–H groups in total. The molecule has 6 rings (SSSR count). The first-order valence-electron chi connectivity index (χ1n) is 11.0. The maximum atomic E-state index is 15.0. The number of aryl methyl sites for hydroxylation is 2. The Labute approximate surface area is 189 Å². The van der Waals surface area contributed by atoms with Gasteiger partial charge < -0.3 is 0 Å². The highest BCUT2D eigenvalue weighted by Crippen LogP contribution is 2.42. The summed E-state index contributed by atoms with van der Waals surface area (Å²) in [5.74, 6) is -1.05. The van der Waals surface area contributed by atoms with E-state index in [-0.39, 0.29) is 0 Å². The van der Waals surface area contributed by atoms with Crippen LogP contribution in [0.4, 0.5) is 8.78 Å². The molecule has 0 unspecified atom stereocenters. The van der Waals surface area contributed by atoms with Gasteiger partial charge in [0.15, 0.2) is 0 Å². The number of pyridine rings is 1. The second-order valence-corrected chi connectivity index (χ2v) is 8.70. The van der Waals surface area contributed by atoms with Gasteiger partial charge in [0, 0.05) is 44.4 Å². The molecule has 0 saturated carbocycles. The monoisotopic (exact) mass is 447 g/mol. The first-order chi connectivity index (χ1) is 15.7. The van der Waals surface area contributed by atoms with Crippen molar-refractivity contribution >= 4 is 32.3 Å². The van der Waals surface area contributed by atoms with Gasteiger partial charge in [0.25, 0.3) is 0 Å². The van der Waals surface area contributed by atoms with E-state index in [1.807, 2.05) is 31.5 Å². The molecular formula is C26H23F2N3S. The van der Waals surface area contributed by atoms with Crippen molar-refractivity contribution in [3.8, 4) is 22.4 Å². The number of aromatic nitrogens is 3. The molecule has 4 heterocycles. The lowest BCUT2D eigenvalue weighted by molar-refractivity contribution is 0.580. The Bertz CT molecular complexity index is 1430. The van der Waals surface area contributed by atoms with Gasteiger partial charge in [0.1, 0.15) is 11.6 Å². The van der Waals surface area contributed by atoms with Crippen LogP contribution in [0.25, 0.3) is 43.4 Å². The molecule has 0 aliphatic carbocycles. The molecule has 2 aromatic carbocycles. The van der Waals surface area contributed by atoms with E-state index in [2.05, 4.69) is 22.3 Å². The topological polar surface area (TPSA) is 41.6 Å². The minimum absolute atomic E-state index is 0.481. The van der Waals surface area contributed by atoms with Gasteiger partial charge in [0.05, 0.1) is 17.4 Å². The standard InChI is InChI=1S/C24H17F2N3S.C2H6/c25-16-7-14-4-2-1-3-13-9-21-15(11-28-29-21)8-18(13)23-17-5-6-30-24(17)19(12-27-23)22(14)20(26)10-16;1-2/h5-12H,1-4H2,(H,28,29);1-2H3. The van der Waals surface area contributed by atoms with Gasteiger partial charge in [-0.1, -0.05) is 13.8 Å². The number of thiophene rings is 1. The summed E-state index contributed by atoms with van der Waals surface area (Å²) in [4.78, 5) is 4.80. The van der Waals surface area contributed by atoms with Gasteiger partial charge in [-0.15, -0.1) is 11.3 Å². The second-order valence-electron chi connectivity index (χ2n) is 7.78. The molecule has 162 valence electrons. The Morgan fingerprint density at radius 3 is 2.59 bits per heavy atom. The van der Waals surface area contributed by atoms with Crippen molar-refractivity contribution in [1.82, 2.24) is 15.2 Å². The van der Waals surface area contributed by atoms with Gasteiger partial charge in [0.2, 0.25) is 0 Å². The minimum atomic E-state index is -0.530. The number of benzene rings is 2. The molecule has 0 saturated heterocycles. The molecule has 6 heteroatoms. The van der Waals surface area contributed by atoms with Crippen LogP contribution in [0.2, 0.25) is 0 Å². The van der Waals surface area contributed by atoms with Gasteiger partial charge in [-0.2, -0.15) is 5.10 Å². The van der Waals surface area contributed by atoms with Crippen molar-refractivity contribution in [2.75, 3.05) is 0 Å².